The summed E-state index contributed by atoms with van der Waals surface area (Å²) in [5.74, 6) is 0.668. The second kappa shape index (κ2) is 5.02. The Hall–Kier alpha value is -1.49. The van der Waals surface area contributed by atoms with E-state index < -0.39 is 10.0 Å². The third kappa shape index (κ3) is 2.67. The van der Waals surface area contributed by atoms with Crippen molar-refractivity contribution in [2.75, 3.05) is 0 Å². The van der Waals surface area contributed by atoms with Gasteiger partial charge in [0.25, 0.3) is 10.0 Å². The Labute approximate surface area is 108 Å². The van der Waals surface area contributed by atoms with E-state index >= 15 is 0 Å². The van der Waals surface area contributed by atoms with Gasteiger partial charge in [-0.3, -0.25) is 4.72 Å². The second-order valence-corrected chi connectivity index (χ2v) is 5.99. The van der Waals surface area contributed by atoms with E-state index in [0.29, 0.717) is 17.9 Å². The fraction of sp³-hybridized carbons (Fsp3) is 0.385. The van der Waals surface area contributed by atoms with Crippen LogP contribution in [-0.4, -0.2) is 14.5 Å². The minimum atomic E-state index is -3.50. The van der Waals surface area contributed by atoms with Crippen LogP contribution in [0.5, 0.6) is 0 Å². The van der Waals surface area contributed by atoms with Crippen LogP contribution < -0.4 is 4.72 Å². The van der Waals surface area contributed by atoms with Crippen LogP contribution in [0.4, 0.5) is 0 Å². The highest BCUT2D eigenvalue weighted by Gasteiger charge is 2.25. The molecule has 1 heterocycles. The Balaban J connectivity index is 2.18. The Kier molecular flexibility index (Phi) is 3.61. The molecule has 0 saturated heterocycles. The van der Waals surface area contributed by atoms with E-state index in [2.05, 4.69) is 4.72 Å². The molecule has 0 fully saturated rings. The molecular formula is C13H17NO3S. The van der Waals surface area contributed by atoms with Gasteiger partial charge in [-0.2, -0.15) is 0 Å². The number of ether oxygens (including phenoxy) is 1. The van der Waals surface area contributed by atoms with Crippen molar-refractivity contribution in [2.24, 2.45) is 0 Å². The van der Waals surface area contributed by atoms with Gasteiger partial charge in [0.2, 0.25) is 0 Å². The van der Waals surface area contributed by atoms with E-state index in [1.165, 1.54) is 0 Å². The zero-order valence-corrected chi connectivity index (χ0v) is 11.3. The van der Waals surface area contributed by atoms with Crippen molar-refractivity contribution in [1.29, 1.82) is 0 Å². The van der Waals surface area contributed by atoms with Crippen molar-refractivity contribution < 1.29 is 13.2 Å². The van der Waals surface area contributed by atoms with E-state index in [1.807, 2.05) is 6.92 Å². The lowest BCUT2D eigenvalue weighted by molar-refractivity contribution is 0.141. The zero-order chi connectivity index (χ0) is 13.2. The maximum Gasteiger partial charge on any atom is 0.261 e. The molecule has 0 amide bonds. The molecule has 0 bridgehead atoms. The number of hydrogen-bond acceptors (Lipinski definition) is 3. The van der Waals surface area contributed by atoms with Crippen molar-refractivity contribution in [1.82, 2.24) is 4.72 Å². The molecule has 0 spiro atoms. The predicted molar refractivity (Wildman–Crippen MR) is 69.2 cm³/mol. The van der Waals surface area contributed by atoms with Crippen molar-refractivity contribution in [2.45, 2.75) is 37.7 Å². The summed E-state index contributed by atoms with van der Waals surface area (Å²) in [6.45, 7) is 3.81. The normalized spacial score (nSPS) is 19.8. The third-order valence-electron chi connectivity index (χ3n) is 2.97. The first-order valence-corrected chi connectivity index (χ1v) is 7.45. The van der Waals surface area contributed by atoms with E-state index in [1.54, 1.807) is 37.3 Å². The molecular weight excluding hydrogens is 250 g/mol. The summed E-state index contributed by atoms with van der Waals surface area (Å²) in [6, 6.07) is 8.34. The highest BCUT2D eigenvalue weighted by atomic mass is 32.2. The molecule has 98 valence electrons. The maximum atomic E-state index is 12.1. The summed E-state index contributed by atoms with van der Waals surface area (Å²) in [4.78, 5) is 0.269. The van der Waals surface area contributed by atoms with Crippen LogP contribution in [0, 0.1) is 0 Å². The van der Waals surface area contributed by atoms with Gasteiger partial charge in [-0.1, -0.05) is 25.1 Å². The van der Waals surface area contributed by atoms with Crippen LogP contribution in [0.2, 0.25) is 0 Å². The van der Waals surface area contributed by atoms with Crippen molar-refractivity contribution in [3.05, 3.63) is 41.8 Å². The Morgan fingerprint density at radius 2 is 2.00 bits per heavy atom. The number of benzene rings is 1. The van der Waals surface area contributed by atoms with Gasteiger partial charge in [0, 0.05) is 6.42 Å². The number of sulfonamides is 1. The largest absolute Gasteiger partial charge is 0.493 e. The van der Waals surface area contributed by atoms with Crippen LogP contribution in [0.1, 0.15) is 26.7 Å². The number of nitrogens with one attached hydrogen (secondary N) is 1. The highest BCUT2D eigenvalue weighted by molar-refractivity contribution is 7.89. The third-order valence-corrected chi connectivity index (χ3v) is 4.37. The summed E-state index contributed by atoms with van der Waals surface area (Å²) in [5, 5.41) is 0. The lowest BCUT2D eigenvalue weighted by Gasteiger charge is -2.08. The topological polar surface area (TPSA) is 55.4 Å². The van der Waals surface area contributed by atoms with E-state index in [0.717, 1.165) is 6.42 Å². The van der Waals surface area contributed by atoms with Gasteiger partial charge in [0.15, 0.2) is 0 Å². The Bertz CT molecular complexity index is 549. The van der Waals surface area contributed by atoms with Gasteiger partial charge in [-0.15, -0.1) is 0 Å². The van der Waals surface area contributed by atoms with E-state index in [-0.39, 0.29) is 11.0 Å². The molecule has 1 atom stereocenters. The van der Waals surface area contributed by atoms with Crippen molar-refractivity contribution in [3.8, 4) is 0 Å². The van der Waals surface area contributed by atoms with Gasteiger partial charge in [0.05, 0.1) is 10.6 Å². The Morgan fingerprint density at radius 3 is 2.56 bits per heavy atom. The molecule has 0 aromatic heterocycles. The molecule has 0 radical (unpaired) electrons. The minimum Gasteiger partial charge on any atom is -0.493 e. The van der Waals surface area contributed by atoms with Gasteiger partial charge in [-0.25, -0.2) is 8.42 Å². The lowest BCUT2D eigenvalue weighted by atomic mass is 10.2. The fourth-order valence-corrected chi connectivity index (χ4v) is 3.08. The first kappa shape index (κ1) is 13.0. The Morgan fingerprint density at radius 1 is 1.33 bits per heavy atom. The first-order valence-electron chi connectivity index (χ1n) is 5.97. The molecule has 0 saturated carbocycles. The molecule has 5 heteroatoms. The summed E-state index contributed by atoms with van der Waals surface area (Å²) in [7, 11) is -3.50. The van der Waals surface area contributed by atoms with Gasteiger partial charge in [0.1, 0.15) is 11.9 Å². The molecule has 1 aliphatic heterocycles. The van der Waals surface area contributed by atoms with Gasteiger partial charge >= 0.3 is 0 Å². The SMILES string of the molecule is CCC1CC(NS(=O)(=O)c2ccccc2)=C(C)O1. The summed E-state index contributed by atoms with van der Waals surface area (Å²) >= 11 is 0. The second-order valence-electron chi connectivity index (χ2n) is 4.31. The molecule has 4 nitrogen and oxygen atoms in total. The molecule has 1 aromatic carbocycles. The average Bonchev–Trinajstić information content (AvgIpc) is 2.71. The van der Waals surface area contributed by atoms with Crippen molar-refractivity contribution >= 4 is 10.0 Å². The highest BCUT2D eigenvalue weighted by Crippen LogP contribution is 2.26. The standard InChI is InChI=1S/C13H17NO3S/c1-3-11-9-13(10(2)17-11)14-18(15,16)12-7-5-4-6-8-12/h4-8,11,14H,3,9H2,1-2H3. The fourth-order valence-electron chi connectivity index (χ4n) is 1.90. The molecule has 1 N–H and O–H groups in total. The van der Waals surface area contributed by atoms with Gasteiger partial charge < -0.3 is 4.74 Å². The molecule has 2 rings (SSSR count). The quantitative estimate of drug-likeness (QED) is 0.911. The number of hydrogen-bond donors (Lipinski definition) is 1. The molecule has 1 aromatic rings. The first-order chi connectivity index (χ1) is 8.53. The predicted octanol–water partition coefficient (Wildman–Crippen LogP) is 2.40. The van der Waals surface area contributed by atoms with Gasteiger partial charge in [-0.05, 0) is 25.5 Å². The molecule has 0 aliphatic carbocycles. The molecule has 1 aliphatic rings. The van der Waals surface area contributed by atoms with Crippen LogP contribution in [-0.2, 0) is 14.8 Å². The smallest absolute Gasteiger partial charge is 0.261 e. The maximum absolute atomic E-state index is 12.1. The molecule has 1 unspecified atom stereocenters. The summed E-state index contributed by atoms with van der Waals surface area (Å²) < 4.78 is 32.4. The summed E-state index contributed by atoms with van der Waals surface area (Å²) in [5.41, 5.74) is 0.658. The average molecular weight is 267 g/mol. The van der Waals surface area contributed by atoms with Crippen LogP contribution in [0.15, 0.2) is 46.7 Å². The monoisotopic (exact) mass is 267 g/mol. The van der Waals surface area contributed by atoms with E-state index in [9.17, 15) is 8.42 Å². The van der Waals surface area contributed by atoms with E-state index in [4.69, 9.17) is 4.74 Å². The van der Waals surface area contributed by atoms with Crippen LogP contribution in [0.3, 0.4) is 0 Å². The van der Waals surface area contributed by atoms with Crippen LogP contribution in [0.25, 0.3) is 0 Å². The minimum absolute atomic E-state index is 0.0819. The summed E-state index contributed by atoms with van der Waals surface area (Å²) in [6.07, 6.45) is 1.57. The molecule has 18 heavy (non-hydrogen) atoms. The number of allylic oxidation sites excluding steroid dienone is 1. The van der Waals surface area contributed by atoms with Crippen LogP contribution >= 0.6 is 0 Å². The van der Waals surface area contributed by atoms with Crippen molar-refractivity contribution in [3.63, 3.8) is 0 Å². The number of rotatable bonds is 4. The zero-order valence-electron chi connectivity index (χ0n) is 10.5. The lowest BCUT2D eigenvalue weighted by Crippen LogP contribution is -2.23.